The monoisotopic (exact) mass is 534 g/mol. The normalized spacial score (nSPS) is 19.9. The standard InChI is InChI=1S/C30H35FN4O2S/c1-5-15-32-20-30-18-22-19-33-35(26-10-8-25(31)9-11-26)28(22)17-24(30)14-16-34(21-30)38(36,37)27-12-6-23(7-13-27)29(2,3)4/h5-13,17,19,32H,1,14-16,18,20-21H2,2-4H3/t30-/m0/s1. The second kappa shape index (κ2) is 9.91. The fraction of sp³-hybridized carbons (Fsp3) is 0.367. The Labute approximate surface area is 224 Å². The molecule has 0 saturated carbocycles. The predicted molar refractivity (Wildman–Crippen MR) is 149 cm³/mol. The van der Waals surface area contributed by atoms with Crippen LogP contribution in [0.2, 0.25) is 0 Å². The Balaban J connectivity index is 1.48. The molecule has 1 aliphatic heterocycles. The Hall–Kier alpha value is -3.07. The highest BCUT2D eigenvalue weighted by Gasteiger charge is 2.45. The van der Waals surface area contributed by atoms with Gasteiger partial charge in [-0.1, -0.05) is 44.6 Å². The number of piperidine rings is 1. The molecule has 0 bridgehead atoms. The molecule has 1 aliphatic carbocycles. The molecule has 0 unspecified atom stereocenters. The molecule has 1 saturated heterocycles. The van der Waals surface area contributed by atoms with Gasteiger partial charge in [0.2, 0.25) is 10.0 Å². The molecule has 1 aromatic heterocycles. The summed E-state index contributed by atoms with van der Waals surface area (Å²) in [4.78, 5) is 0.327. The number of nitrogens with one attached hydrogen (secondary N) is 1. The van der Waals surface area contributed by atoms with E-state index in [1.165, 1.54) is 17.7 Å². The average Bonchev–Trinajstić information content (AvgIpc) is 3.29. The minimum Gasteiger partial charge on any atom is -0.312 e. The van der Waals surface area contributed by atoms with Crippen LogP contribution in [0.25, 0.3) is 11.8 Å². The summed E-state index contributed by atoms with van der Waals surface area (Å²) in [5.41, 5.74) is 4.67. The van der Waals surface area contributed by atoms with E-state index in [0.29, 0.717) is 43.9 Å². The van der Waals surface area contributed by atoms with Gasteiger partial charge < -0.3 is 5.32 Å². The molecule has 1 N–H and O–H groups in total. The first-order valence-electron chi connectivity index (χ1n) is 13.0. The first-order valence-corrected chi connectivity index (χ1v) is 14.4. The molecular formula is C30H35FN4O2S. The lowest BCUT2D eigenvalue weighted by molar-refractivity contribution is 0.206. The van der Waals surface area contributed by atoms with Gasteiger partial charge in [-0.3, -0.25) is 0 Å². The van der Waals surface area contributed by atoms with Gasteiger partial charge in [-0.2, -0.15) is 9.40 Å². The number of aromatic nitrogens is 2. The average molecular weight is 535 g/mol. The molecule has 2 heterocycles. The summed E-state index contributed by atoms with van der Waals surface area (Å²) < 4.78 is 44.5. The molecule has 1 fully saturated rings. The number of rotatable bonds is 7. The zero-order chi connectivity index (χ0) is 27.1. The maximum atomic E-state index is 13.8. The van der Waals surface area contributed by atoms with Crippen LogP contribution in [-0.4, -0.2) is 48.7 Å². The Morgan fingerprint density at radius 3 is 2.50 bits per heavy atom. The summed E-state index contributed by atoms with van der Waals surface area (Å²) in [6, 6.07) is 13.6. The maximum absolute atomic E-state index is 13.8. The summed E-state index contributed by atoms with van der Waals surface area (Å²) in [6.45, 7) is 12.2. The van der Waals surface area contributed by atoms with Crippen molar-refractivity contribution < 1.29 is 12.8 Å². The van der Waals surface area contributed by atoms with E-state index in [1.54, 1.807) is 28.6 Å². The smallest absolute Gasteiger partial charge is 0.243 e. The van der Waals surface area contributed by atoms with E-state index in [-0.39, 0.29) is 11.2 Å². The highest BCUT2D eigenvalue weighted by molar-refractivity contribution is 7.89. The van der Waals surface area contributed by atoms with E-state index < -0.39 is 15.4 Å². The van der Waals surface area contributed by atoms with Crippen molar-refractivity contribution >= 4 is 16.1 Å². The van der Waals surface area contributed by atoms with Crippen LogP contribution < -0.4 is 5.32 Å². The number of benzene rings is 2. The van der Waals surface area contributed by atoms with Crippen LogP contribution in [-0.2, 0) is 21.9 Å². The van der Waals surface area contributed by atoms with Gasteiger partial charge >= 0.3 is 0 Å². The third kappa shape index (κ3) is 4.88. The molecule has 1 atom stereocenters. The van der Waals surface area contributed by atoms with Crippen molar-refractivity contribution in [2.75, 3.05) is 26.2 Å². The van der Waals surface area contributed by atoms with Gasteiger partial charge in [0.05, 0.1) is 22.5 Å². The van der Waals surface area contributed by atoms with Crippen molar-refractivity contribution in [3.63, 3.8) is 0 Å². The highest BCUT2D eigenvalue weighted by Crippen LogP contribution is 2.45. The van der Waals surface area contributed by atoms with Gasteiger partial charge in [-0.05, 0) is 71.9 Å². The Bertz CT molecular complexity index is 1470. The van der Waals surface area contributed by atoms with Crippen molar-refractivity contribution in [1.29, 1.82) is 0 Å². The Morgan fingerprint density at radius 2 is 1.84 bits per heavy atom. The van der Waals surface area contributed by atoms with Crippen LogP contribution in [0.15, 0.2) is 77.9 Å². The highest BCUT2D eigenvalue weighted by atomic mass is 32.2. The first-order chi connectivity index (χ1) is 18.0. The van der Waals surface area contributed by atoms with Gasteiger partial charge in [-0.25, -0.2) is 17.5 Å². The van der Waals surface area contributed by atoms with E-state index in [2.05, 4.69) is 43.8 Å². The van der Waals surface area contributed by atoms with Crippen LogP contribution in [0, 0.1) is 11.2 Å². The minimum absolute atomic E-state index is 0.0495. The molecule has 200 valence electrons. The molecule has 8 heteroatoms. The SMILES string of the molecule is C=CCNC[C@]12Cc3cnn(-c4ccc(F)cc4)c3C=C1CCN(S(=O)(=O)c1ccc(C(C)(C)C)cc1)C2. The van der Waals surface area contributed by atoms with E-state index >= 15 is 0 Å². The van der Waals surface area contributed by atoms with Crippen molar-refractivity contribution in [1.82, 2.24) is 19.4 Å². The van der Waals surface area contributed by atoms with E-state index in [4.69, 9.17) is 0 Å². The number of hydrogen-bond donors (Lipinski definition) is 1. The lowest BCUT2D eigenvalue weighted by atomic mass is 9.68. The topological polar surface area (TPSA) is 67.2 Å². The Morgan fingerprint density at radius 1 is 1.13 bits per heavy atom. The van der Waals surface area contributed by atoms with E-state index in [1.807, 2.05) is 29.1 Å². The lowest BCUT2D eigenvalue weighted by Crippen LogP contribution is -2.53. The van der Waals surface area contributed by atoms with Gasteiger partial charge in [0.25, 0.3) is 0 Å². The number of sulfonamides is 1. The molecule has 2 aromatic carbocycles. The minimum atomic E-state index is -3.66. The second-order valence-corrected chi connectivity index (χ2v) is 13.3. The van der Waals surface area contributed by atoms with Gasteiger partial charge in [0.1, 0.15) is 5.82 Å². The molecule has 6 nitrogen and oxygen atoms in total. The van der Waals surface area contributed by atoms with Crippen molar-refractivity contribution in [2.45, 2.75) is 43.9 Å². The summed E-state index contributed by atoms with van der Waals surface area (Å²) in [7, 11) is -3.66. The molecule has 2 aliphatic rings. The summed E-state index contributed by atoms with van der Waals surface area (Å²) >= 11 is 0. The van der Waals surface area contributed by atoms with Crippen LogP contribution in [0.4, 0.5) is 4.39 Å². The Kier molecular flexibility index (Phi) is 6.92. The van der Waals surface area contributed by atoms with Crippen molar-refractivity contribution in [3.05, 3.63) is 95.6 Å². The first kappa shape index (κ1) is 26.5. The van der Waals surface area contributed by atoms with Gasteiger partial charge in [0, 0.05) is 31.6 Å². The zero-order valence-corrected chi connectivity index (χ0v) is 23.1. The van der Waals surface area contributed by atoms with Gasteiger partial charge in [-0.15, -0.1) is 6.58 Å². The fourth-order valence-corrected chi connectivity index (χ4v) is 7.08. The number of halogens is 1. The van der Waals surface area contributed by atoms with E-state index in [0.717, 1.165) is 22.5 Å². The predicted octanol–water partition coefficient (Wildman–Crippen LogP) is 5.11. The molecule has 0 amide bonds. The van der Waals surface area contributed by atoms with Crippen molar-refractivity contribution in [3.8, 4) is 5.69 Å². The number of hydrogen-bond acceptors (Lipinski definition) is 4. The fourth-order valence-electron chi connectivity index (χ4n) is 5.55. The zero-order valence-electron chi connectivity index (χ0n) is 22.2. The van der Waals surface area contributed by atoms with Gasteiger partial charge in [0.15, 0.2) is 0 Å². The van der Waals surface area contributed by atoms with Crippen LogP contribution in [0.5, 0.6) is 0 Å². The largest absolute Gasteiger partial charge is 0.312 e. The third-order valence-corrected chi connectivity index (χ3v) is 9.56. The van der Waals surface area contributed by atoms with Crippen LogP contribution in [0.3, 0.4) is 0 Å². The second-order valence-electron chi connectivity index (χ2n) is 11.4. The maximum Gasteiger partial charge on any atom is 0.243 e. The molecular weight excluding hydrogens is 499 g/mol. The molecule has 0 radical (unpaired) electrons. The quantitative estimate of drug-likeness (QED) is 0.338. The lowest BCUT2D eigenvalue weighted by Gasteiger charge is -2.46. The molecule has 5 rings (SSSR count). The van der Waals surface area contributed by atoms with Crippen LogP contribution in [0.1, 0.15) is 44.0 Å². The summed E-state index contributed by atoms with van der Waals surface area (Å²) in [5.74, 6) is -0.290. The number of nitrogens with zero attached hydrogens (tertiary/aromatic N) is 3. The third-order valence-electron chi connectivity index (χ3n) is 7.70. The number of fused-ring (bicyclic) bond motifs is 2. The van der Waals surface area contributed by atoms with Crippen molar-refractivity contribution in [2.24, 2.45) is 5.41 Å². The van der Waals surface area contributed by atoms with E-state index in [9.17, 15) is 12.8 Å². The molecule has 3 aromatic rings. The summed E-state index contributed by atoms with van der Waals surface area (Å²) in [5, 5.41) is 8.06. The summed E-state index contributed by atoms with van der Waals surface area (Å²) in [6.07, 6.45) is 7.11. The molecule has 38 heavy (non-hydrogen) atoms. The molecule has 0 spiro atoms. The van der Waals surface area contributed by atoms with Crippen LogP contribution >= 0.6 is 0 Å².